The molecule has 5 heteroatoms. The van der Waals surface area contributed by atoms with Crippen molar-refractivity contribution >= 4 is 11.9 Å². The number of hydrogen-bond donors (Lipinski definition) is 2. The number of carboxylic acids is 1. The van der Waals surface area contributed by atoms with Crippen molar-refractivity contribution in [3.63, 3.8) is 0 Å². The van der Waals surface area contributed by atoms with Crippen LogP contribution in [0.15, 0.2) is 48.8 Å². The minimum Gasteiger partial charge on any atom is -0.481 e. The van der Waals surface area contributed by atoms with Crippen LogP contribution in [-0.4, -0.2) is 28.1 Å². The van der Waals surface area contributed by atoms with Crippen molar-refractivity contribution in [1.82, 2.24) is 9.88 Å². The molecule has 1 amide bonds. The van der Waals surface area contributed by atoms with Gasteiger partial charge in [0.15, 0.2) is 0 Å². The maximum atomic E-state index is 12.4. The Morgan fingerprint density at radius 1 is 1.08 bits per heavy atom. The molecular formula is C20H24N2O3. The lowest BCUT2D eigenvalue weighted by atomic mass is 9.82. The summed E-state index contributed by atoms with van der Waals surface area (Å²) in [5, 5.41) is 12.1. The Morgan fingerprint density at radius 3 is 2.32 bits per heavy atom. The van der Waals surface area contributed by atoms with E-state index in [2.05, 4.69) is 9.88 Å². The Kier molecular flexibility index (Phi) is 5.22. The Morgan fingerprint density at radius 2 is 1.72 bits per heavy atom. The summed E-state index contributed by atoms with van der Waals surface area (Å²) in [7, 11) is 0. The number of nitrogens with zero attached hydrogens (tertiary/aromatic N) is 1. The molecule has 0 radical (unpaired) electrons. The van der Waals surface area contributed by atoms with Gasteiger partial charge < -0.3 is 15.0 Å². The van der Waals surface area contributed by atoms with Crippen molar-refractivity contribution in [1.29, 1.82) is 0 Å². The predicted molar refractivity (Wildman–Crippen MR) is 95.5 cm³/mol. The predicted octanol–water partition coefficient (Wildman–Crippen LogP) is 3.30. The molecule has 3 rings (SSSR count). The quantitative estimate of drug-likeness (QED) is 0.812. The van der Waals surface area contributed by atoms with Crippen molar-refractivity contribution < 1.29 is 14.7 Å². The summed E-state index contributed by atoms with van der Waals surface area (Å²) < 4.78 is 2.07. The molecule has 132 valence electrons. The van der Waals surface area contributed by atoms with Crippen LogP contribution in [0, 0.1) is 5.41 Å². The smallest absolute Gasteiger partial charge is 0.303 e. The molecule has 0 atom stereocenters. The molecule has 5 nitrogen and oxygen atoms in total. The van der Waals surface area contributed by atoms with Crippen LogP contribution in [0.1, 0.15) is 48.0 Å². The molecule has 1 aromatic heterocycles. The molecule has 0 saturated heterocycles. The highest BCUT2D eigenvalue weighted by molar-refractivity contribution is 5.94. The van der Waals surface area contributed by atoms with Gasteiger partial charge in [-0.15, -0.1) is 0 Å². The maximum absolute atomic E-state index is 12.4. The summed E-state index contributed by atoms with van der Waals surface area (Å²) in [4.78, 5) is 23.5. The average Bonchev–Trinajstić information content (AvgIpc) is 3.25. The molecule has 0 spiro atoms. The number of hydrogen-bond acceptors (Lipinski definition) is 2. The standard InChI is InChI=1S/C20H24N2O3/c23-18(24)13-20(9-1-2-10-20)15-21-19(25)17-7-5-16(6-8-17)14-22-11-3-4-12-22/h3-8,11-12H,1-2,9-10,13-15H2,(H,21,25)(H,23,24). The highest BCUT2D eigenvalue weighted by Crippen LogP contribution is 2.40. The van der Waals surface area contributed by atoms with Gasteiger partial charge >= 0.3 is 5.97 Å². The molecule has 1 saturated carbocycles. The van der Waals surface area contributed by atoms with Crippen LogP contribution in [0.5, 0.6) is 0 Å². The van der Waals surface area contributed by atoms with Gasteiger partial charge in [0.2, 0.25) is 0 Å². The first-order valence-electron chi connectivity index (χ1n) is 8.76. The van der Waals surface area contributed by atoms with Gasteiger partial charge in [0.05, 0.1) is 6.42 Å². The fourth-order valence-electron chi connectivity index (χ4n) is 3.68. The second-order valence-corrected chi connectivity index (χ2v) is 7.01. The van der Waals surface area contributed by atoms with Crippen LogP contribution in [0.25, 0.3) is 0 Å². The number of benzene rings is 1. The minimum atomic E-state index is -0.787. The van der Waals surface area contributed by atoms with Gasteiger partial charge in [0.25, 0.3) is 5.91 Å². The largest absolute Gasteiger partial charge is 0.481 e. The van der Waals surface area contributed by atoms with Crippen LogP contribution in [0.4, 0.5) is 0 Å². The van der Waals surface area contributed by atoms with E-state index in [-0.39, 0.29) is 17.7 Å². The summed E-state index contributed by atoms with van der Waals surface area (Å²) in [6.45, 7) is 1.21. The minimum absolute atomic E-state index is 0.128. The average molecular weight is 340 g/mol. The Balaban J connectivity index is 1.58. The number of aliphatic carboxylic acids is 1. The van der Waals surface area contributed by atoms with Crippen LogP contribution in [0.3, 0.4) is 0 Å². The second-order valence-electron chi connectivity index (χ2n) is 7.01. The molecule has 1 aliphatic carbocycles. The number of aromatic nitrogens is 1. The SMILES string of the molecule is O=C(O)CC1(CNC(=O)c2ccc(Cn3cccc3)cc2)CCCC1. The van der Waals surface area contributed by atoms with E-state index in [4.69, 9.17) is 5.11 Å². The first-order chi connectivity index (χ1) is 12.1. The number of carbonyl (C=O) groups excluding carboxylic acids is 1. The Hall–Kier alpha value is -2.56. The van der Waals surface area contributed by atoms with Crippen molar-refractivity contribution in [2.75, 3.05) is 6.54 Å². The zero-order valence-electron chi connectivity index (χ0n) is 14.3. The van der Waals surface area contributed by atoms with E-state index in [0.29, 0.717) is 12.1 Å². The number of amides is 1. The van der Waals surface area contributed by atoms with Gasteiger partial charge in [-0.3, -0.25) is 9.59 Å². The number of nitrogens with one attached hydrogen (secondary N) is 1. The highest BCUT2D eigenvalue weighted by Gasteiger charge is 2.36. The van der Waals surface area contributed by atoms with E-state index < -0.39 is 5.97 Å². The molecule has 0 aliphatic heterocycles. The molecule has 0 bridgehead atoms. The molecular weight excluding hydrogens is 316 g/mol. The molecule has 1 heterocycles. The summed E-state index contributed by atoms with van der Waals surface area (Å²) in [6, 6.07) is 11.5. The number of carboxylic acid groups (broad SMARTS) is 1. The third-order valence-electron chi connectivity index (χ3n) is 5.06. The normalized spacial score (nSPS) is 15.8. The topological polar surface area (TPSA) is 71.3 Å². The van der Waals surface area contributed by atoms with Crippen LogP contribution in [-0.2, 0) is 11.3 Å². The van der Waals surface area contributed by atoms with Crippen LogP contribution < -0.4 is 5.32 Å². The monoisotopic (exact) mass is 340 g/mol. The molecule has 1 fully saturated rings. The zero-order chi connectivity index (χ0) is 17.7. The van der Waals surface area contributed by atoms with Gasteiger partial charge in [-0.2, -0.15) is 0 Å². The highest BCUT2D eigenvalue weighted by atomic mass is 16.4. The maximum Gasteiger partial charge on any atom is 0.303 e. The summed E-state index contributed by atoms with van der Waals surface area (Å²) in [6.07, 6.45) is 7.95. The van der Waals surface area contributed by atoms with Crippen molar-refractivity contribution in [3.05, 3.63) is 59.9 Å². The number of carbonyl (C=O) groups is 2. The van der Waals surface area contributed by atoms with Crippen molar-refractivity contribution in [2.45, 2.75) is 38.6 Å². The lowest BCUT2D eigenvalue weighted by molar-refractivity contribution is -0.139. The van der Waals surface area contributed by atoms with Crippen LogP contribution >= 0.6 is 0 Å². The first-order valence-corrected chi connectivity index (χ1v) is 8.76. The third kappa shape index (κ3) is 4.50. The molecule has 25 heavy (non-hydrogen) atoms. The Bertz CT molecular complexity index is 714. The first kappa shape index (κ1) is 17.3. The van der Waals surface area contributed by atoms with Crippen molar-refractivity contribution in [2.24, 2.45) is 5.41 Å². The van der Waals surface area contributed by atoms with Crippen LogP contribution in [0.2, 0.25) is 0 Å². The fraction of sp³-hybridized carbons (Fsp3) is 0.400. The van der Waals surface area contributed by atoms with E-state index in [9.17, 15) is 9.59 Å². The molecule has 0 unspecified atom stereocenters. The molecule has 1 aliphatic rings. The van der Waals surface area contributed by atoms with Gasteiger partial charge in [-0.1, -0.05) is 25.0 Å². The van der Waals surface area contributed by atoms with E-state index in [1.165, 1.54) is 0 Å². The molecule has 2 N–H and O–H groups in total. The third-order valence-corrected chi connectivity index (χ3v) is 5.06. The number of rotatable bonds is 7. The Labute approximate surface area is 147 Å². The summed E-state index contributed by atoms with van der Waals surface area (Å²) >= 11 is 0. The van der Waals surface area contributed by atoms with E-state index in [1.807, 2.05) is 48.8 Å². The van der Waals surface area contributed by atoms with Gasteiger partial charge in [-0.25, -0.2) is 0 Å². The van der Waals surface area contributed by atoms with E-state index in [0.717, 1.165) is 37.8 Å². The van der Waals surface area contributed by atoms with Gasteiger partial charge in [-0.05, 0) is 48.1 Å². The summed E-state index contributed by atoms with van der Waals surface area (Å²) in [5.41, 5.74) is 1.46. The van der Waals surface area contributed by atoms with Gasteiger partial charge in [0.1, 0.15) is 0 Å². The zero-order valence-corrected chi connectivity index (χ0v) is 14.3. The molecule has 2 aromatic rings. The fourth-order valence-corrected chi connectivity index (χ4v) is 3.68. The lowest BCUT2D eigenvalue weighted by Gasteiger charge is -2.27. The second kappa shape index (κ2) is 7.55. The lowest BCUT2D eigenvalue weighted by Crippen LogP contribution is -2.37. The summed E-state index contributed by atoms with van der Waals surface area (Å²) in [5.74, 6) is -0.922. The van der Waals surface area contributed by atoms with E-state index in [1.54, 1.807) is 0 Å². The molecule has 1 aromatic carbocycles. The van der Waals surface area contributed by atoms with E-state index >= 15 is 0 Å². The van der Waals surface area contributed by atoms with Crippen molar-refractivity contribution in [3.8, 4) is 0 Å². The van der Waals surface area contributed by atoms with Gasteiger partial charge in [0, 0.05) is 31.0 Å².